The van der Waals surface area contributed by atoms with Gasteiger partial charge in [0.15, 0.2) is 5.16 Å². The lowest BCUT2D eigenvalue weighted by Gasteiger charge is -2.29. The van der Waals surface area contributed by atoms with E-state index < -0.39 is 0 Å². The molecule has 0 radical (unpaired) electrons. The first-order chi connectivity index (χ1) is 23.7. The fourth-order valence-corrected chi connectivity index (χ4v) is 7.85. The van der Waals surface area contributed by atoms with E-state index in [-0.39, 0.29) is 29.2 Å². The number of fused-ring (bicyclic) bond motifs is 2. The van der Waals surface area contributed by atoms with E-state index >= 15 is 0 Å². The number of rotatable bonds is 7. The number of carbonyl (C=O) groups is 1. The summed E-state index contributed by atoms with van der Waals surface area (Å²) in [6.07, 6.45) is 4.86. The monoisotopic (exact) mass is 728 g/mol. The molecule has 4 aromatic carbocycles. The van der Waals surface area contributed by atoms with Crippen LogP contribution in [-0.4, -0.2) is 39.0 Å². The average Bonchev–Trinajstić information content (AvgIpc) is 3.49. The van der Waals surface area contributed by atoms with Gasteiger partial charge in [0.05, 0.1) is 41.2 Å². The van der Waals surface area contributed by atoms with Crippen molar-refractivity contribution in [3.05, 3.63) is 133 Å². The number of nitrogens with zero attached hydrogens (tertiary/aromatic N) is 4. The van der Waals surface area contributed by atoms with Gasteiger partial charge in [0.2, 0.25) is 0 Å². The van der Waals surface area contributed by atoms with Crippen molar-refractivity contribution in [1.82, 2.24) is 14.6 Å². The van der Waals surface area contributed by atoms with Gasteiger partial charge < -0.3 is 4.74 Å². The summed E-state index contributed by atoms with van der Waals surface area (Å²) in [6.45, 7) is 1.94. The summed E-state index contributed by atoms with van der Waals surface area (Å²) in [6, 6.07) is 25.6. The van der Waals surface area contributed by atoms with Crippen LogP contribution >= 0.6 is 46.6 Å². The van der Waals surface area contributed by atoms with Crippen LogP contribution in [0.2, 0.25) is 15.1 Å². The van der Waals surface area contributed by atoms with Gasteiger partial charge in [-0.25, -0.2) is 9.99 Å². The molecule has 0 spiro atoms. The predicted molar refractivity (Wildman–Crippen MR) is 200 cm³/mol. The Labute approximate surface area is 303 Å². The van der Waals surface area contributed by atoms with Crippen molar-refractivity contribution in [2.24, 2.45) is 11.0 Å². The molecule has 1 aliphatic carbocycles. The molecular formula is C38H31Cl3N4O3S. The molecule has 0 N–H and O–H groups in total. The Morgan fingerprint density at radius 1 is 0.959 bits per heavy atom. The number of halogens is 3. The number of hydrogen-bond donors (Lipinski definition) is 0. The summed E-state index contributed by atoms with van der Waals surface area (Å²) in [5.74, 6) is 0.295. The van der Waals surface area contributed by atoms with Crippen molar-refractivity contribution in [3.63, 3.8) is 0 Å². The van der Waals surface area contributed by atoms with Crippen LogP contribution < -0.4 is 10.3 Å². The summed E-state index contributed by atoms with van der Waals surface area (Å²) in [5, 5.41) is 9.15. The highest BCUT2D eigenvalue weighted by molar-refractivity contribution is 7.99. The Hall–Kier alpha value is -4.08. The van der Waals surface area contributed by atoms with E-state index in [1.54, 1.807) is 30.3 Å². The van der Waals surface area contributed by atoms with Gasteiger partial charge >= 0.3 is 0 Å². The fraction of sp³-hybridized carbons (Fsp3) is 0.211. The second kappa shape index (κ2) is 14.0. The van der Waals surface area contributed by atoms with Crippen LogP contribution in [0.25, 0.3) is 22.7 Å². The lowest BCUT2D eigenvalue weighted by Crippen LogP contribution is -2.33. The van der Waals surface area contributed by atoms with Crippen LogP contribution in [0.4, 0.5) is 0 Å². The molecule has 7 rings (SSSR count). The first kappa shape index (κ1) is 33.4. The predicted octanol–water partition coefficient (Wildman–Crippen LogP) is 9.58. The van der Waals surface area contributed by atoms with Gasteiger partial charge in [-0.2, -0.15) is 5.10 Å². The molecule has 1 fully saturated rings. The average molecular weight is 730 g/mol. The SMILES string of the molecule is COc1ccc(C)cc1-n1c(SCC(=O)N2N=C3/C(=C/c4ccc(Cl)cc4)CCCC3C2c2ccc(Cl)cc2)nc2cc(Cl)ccc2c1=O. The molecule has 11 heteroatoms. The molecule has 2 atom stereocenters. The maximum absolute atomic E-state index is 14.3. The maximum atomic E-state index is 14.3. The topological polar surface area (TPSA) is 76.8 Å². The number of amides is 1. The van der Waals surface area contributed by atoms with Crippen LogP contribution in [-0.2, 0) is 4.79 Å². The Balaban J connectivity index is 1.28. The summed E-state index contributed by atoms with van der Waals surface area (Å²) in [7, 11) is 1.56. The molecule has 2 aliphatic rings. The number of methoxy groups -OCH3 is 1. The second-order valence-electron chi connectivity index (χ2n) is 12.1. The van der Waals surface area contributed by atoms with Gasteiger partial charge in [-0.3, -0.25) is 14.2 Å². The molecule has 1 amide bonds. The van der Waals surface area contributed by atoms with Crippen LogP contribution in [0.15, 0.2) is 106 Å². The Morgan fingerprint density at radius 2 is 1.67 bits per heavy atom. The standard InChI is InChI=1S/C38H31Cl3N4O3S/c1-22-6-17-33(48-2)32(18-22)44-37(47)29-16-15-28(41)20-31(29)42-38(44)49-21-34(46)45-36(24-9-13-27(40)14-10-24)30-5-3-4-25(35(30)43-45)19-23-7-11-26(39)12-8-23/h6-20,30,36H,3-5,21H2,1-2H3/b25-19+. The van der Waals surface area contributed by atoms with Crippen LogP contribution in [0.3, 0.4) is 0 Å². The number of hydrogen-bond acceptors (Lipinski definition) is 6. The molecule has 49 heavy (non-hydrogen) atoms. The zero-order valence-electron chi connectivity index (χ0n) is 26.7. The van der Waals surface area contributed by atoms with Gasteiger partial charge in [0, 0.05) is 21.0 Å². The highest BCUT2D eigenvalue weighted by atomic mass is 35.5. The number of allylic oxidation sites excluding steroid dienone is 1. The quantitative estimate of drug-likeness (QED) is 0.123. The minimum absolute atomic E-state index is 0.0121. The zero-order valence-corrected chi connectivity index (χ0v) is 29.8. The van der Waals surface area contributed by atoms with Crippen LogP contribution in [0.5, 0.6) is 5.75 Å². The smallest absolute Gasteiger partial charge is 0.266 e. The molecule has 0 bridgehead atoms. The van der Waals surface area contributed by atoms with Crippen molar-refractivity contribution in [2.45, 2.75) is 37.4 Å². The van der Waals surface area contributed by atoms with E-state index in [2.05, 4.69) is 6.08 Å². The van der Waals surface area contributed by atoms with Gasteiger partial charge in [-0.05, 0) is 109 Å². The Bertz CT molecular complexity index is 2200. The third kappa shape index (κ3) is 6.75. The molecule has 248 valence electrons. The number of ether oxygens (including phenoxy) is 1. The number of carbonyl (C=O) groups excluding carboxylic acids is 1. The number of thioether (sulfide) groups is 1. The highest BCUT2D eigenvalue weighted by Gasteiger charge is 2.43. The van der Waals surface area contributed by atoms with E-state index in [0.717, 1.165) is 47.2 Å². The third-order valence-electron chi connectivity index (χ3n) is 8.88. The van der Waals surface area contributed by atoms with Crippen LogP contribution in [0, 0.1) is 12.8 Å². The number of benzene rings is 4. The molecule has 0 saturated heterocycles. The fourth-order valence-electron chi connectivity index (χ4n) is 6.58. The van der Waals surface area contributed by atoms with E-state index in [9.17, 15) is 9.59 Å². The van der Waals surface area contributed by atoms with Crippen LogP contribution in [0.1, 0.15) is 42.0 Å². The molecule has 1 aliphatic heterocycles. The summed E-state index contributed by atoms with van der Waals surface area (Å²) in [5.41, 5.74) is 5.64. The van der Waals surface area contributed by atoms with Crippen molar-refractivity contribution in [1.29, 1.82) is 0 Å². The molecule has 1 aromatic heterocycles. The van der Waals surface area contributed by atoms with Crippen molar-refractivity contribution in [3.8, 4) is 11.4 Å². The van der Waals surface area contributed by atoms with Gasteiger partial charge in [0.25, 0.3) is 11.5 Å². The number of hydrazone groups is 1. The molecule has 7 nitrogen and oxygen atoms in total. The minimum Gasteiger partial charge on any atom is -0.495 e. The summed E-state index contributed by atoms with van der Waals surface area (Å²) in [4.78, 5) is 33.2. The summed E-state index contributed by atoms with van der Waals surface area (Å²) >= 11 is 19.9. The molecule has 2 heterocycles. The van der Waals surface area contributed by atoms with Gasteiger partial charge in [0.1, 0.15) is 5.75 Å². The largest absolute Gasteiger partial charge is 0.495 e. The highest BCUT2D eigenvalue weighted by Crippen LogP contribution is 2.45. The second-order valence-corrected chi connectivity index (χ2v) is 14.4. The summed E-state index contributed by atoms with van der Waals surface area (Å²) < 4.78 is 7.17. The van der Waals surface area contributed by atoms with Crippen molar-refractivity contribution < 1.29 is 9.53 Å². The van der Waals surface area contributed by atoms with Gasteiger partial charge in [-0.1, -0.05) is 76.9 Å². The van der Waals surface area contributed by atoms with Gasteiger partial charge in [-0.15, -0.1) is 0 Å². The van der Waals surface area contributed by atoms with Crippen molar-refractivity contribution in [2.75, 3.05) is 12.9 Å². The Kier molecular flexibility index (Phi) is 9.57. The first-order valence-corrected chi connectivity index (χ1v) is 17.9. The van der Waals surface area contributed by atoms with E-state index in [1.165, 1.54) is 16.3 Å². The molecule has 1 saturated carbocycles. The van der Waals surface area contributed by atoms with E-state index in [4.69, 9.17) is 49.6 Å². The van der Waals surface area contributed by atoms with E-state index in [1.807, 2.05) is 73.7 Å². The lowest BCUT2D eigenvalue weighted by atomic mass is 9.77. The zero-order chi connectivity index (χ0) is 34.2. The maximum Gasteiger partial charge on any atom is 0.266 e. The minimum atomic E-state index is -0.309. The molecule has 5 aromatic rings. The molecule has 2 unspecified atom stereocenters. The molecular weight excluding hydrogens is 699 g/mol. The number of aromatic nitrogens is 2. The third-order valence-corrected chi connectivity index (χ3v) is 10.5. The normalized spacial score (nSPS) is 18.1. The van der Waals surface area contributed by atoms with E-state index in [0.29, 0.717) is 42.6 Å². The Morgan fingerprint density at radius 3 is 2.41 bits per heavy atom. The van der Waals surface area contributed by atoms with Crippen molar-refractivity contribution >= 4 is 75.2 Å². The first-order valence-electron chi connectivity index (χ1n) is 15.8. The lowest BCUT2D eigenvalue weighted by molar-refractivity contribution is -0.130. The number of aryl methyl sites for hydroxylation is 1.